The summed E-state index contributed by atoms with van der Waals surface area (Å²) in [7, 11) is 0. The van der Waals surface area contributed by atoms with Crippen LogP contribution in [0.1, 0.15) is 11.1 Å². The van der Waals surface area contributed by atoms with Gasteiger partial charge in [0.1, 0.15) is 16.9 Å². The van der Waals surface area contributed by atoms with Gasteiger partial charge in [-0.15, -0.1) is 0 Å². The number of pyridine rings is 1. The molecule has 9 aromatic rings. The van der Waals surface area contributed by atoms with Gasteiger partial charge in [-0.25, -0.2) is 0 Å². The van der Waals surface area contributed by atoms with Crippen LogP contribution in [-0.2, 0) is 0 Å². The van der Waals surface area contributed by atoms with E-state index in [0.29, 0.717) is 17.2 Å². The number of hydrogen-bond donors (Lipinski definition) is 2. The molecule has 7 nitrogen and oxygen atoms in total. The SMILES string of the molecule is N=C1C=Cc2ccc3ccc(-c4cccc(-c5nc(-c6cccc7oc8ccccc8c67)[n+]6ccccc6n5)c4)cc3c2/C1=N/Nc1ccccc1. The van der Waals surface area contributed by atoms with Crippen LogP contribution >= 0.6 is 0 Å². The average molecular weight is 670 g/mol. The van der Waals surface area contributed by atoms with Gasteiger partial charge in [0.25, 0.3) is 11.5 Å². The van der Waals surface area contributed by atoms with Crippen LogP contribution in [0.25, 0.3) is 78.3 Å². The highest BCUT2D eigenvalue weighted by molar-refractivity contribution is 6.55. The molecule has 0 amide bonds. The summed E-state index contributed by atoms with van der Waals surface area (Å²) in [5.74, 6) is 1.41. The van der Waals surface area contributed by atoms with Gasteiger partial charge in [-0.3, -0.25) is 10.8 Å². The summed E-state index contributed by atoms with van der Waals surface area (Å²) < 4.78 is 8.27. The van der Waals surface area contributed by atoms with Crippen LogP contribution in [0.15, 0.2) is 167 Å². The van der Waals surface area contributed by atoms with Gasteiger partial charge in [-0.05, 0) is 88.1 Å². The molecule has 2 N–H and O–H groups in total. The predicted octanol–water partition coefficient (Wildman–Crippen LogP) is 10.1. The van der Waals surface area contributed by atoms with Gasteiger partial charge < -0.3 is 4.42 Å². The van der Waals surface area contributed by atoms with Crippen LogP contribution in [-0.4, -0.2) is 21.4 Å². The maximum absolute atomic E-state index is 8.79. The van der Waals surface area contributed by atoms with Crippen molar-refractivity contribution in [1.82, 2.24) is 9.97 Å². The molecule has 1 aliphatic rings. The van der Waals surface area contributed by atoms with Crippen molar-refractivity contribution < 1.29 is 8.82 Å². The minimum Gasteiger partial charge on any atom is -0.456 e. The number of rotatable bonds is 5. The second-order valence-electron chi connectivity index (χ2n) is 12.8. The molecule has 0 bridgehead atoms. The number of fused-ring (bicyclic) bond motifs is 7. The Labute approximate surface area is 298 Å². The van der Waals surface area contributed by atoms with E-state index in [4.69, 9.17) is 24.9 Å². The van der Waals surface area contributed by atoms with Crippen LogP contribution in [0.2, 0.25) is 0 Å². The first kappa shape index (κ1) is 29.6. The van der Waals surface area contributed by atoms with E-state index in [1.165, 1.54) is 0 Å². The summed E-state index contributed by atoms with van der Waals surface area (Å²) in [6.07, 6.45) is 5.80. The molecule has 244 valence electrons. The fraction of sp³-hybridized carbons (Fsp3) is 0. The lowest BCUT2D eigenvalue weighted by Crippen LogP contribution is -2.27. The number of anilines is 1. The summed E-state index contributed by atoms with van der Waals surface area (Å²) in [4.78, 5) is 10.3. The Morgan fingerprint density at radius 1 is 0.635 bits per heavy atom. The molecule has 6 aromatic carbocycles. The lowest BCUT2D eigenvalue weighted by atomic mass is 9.88. The fourth-order valence-corrected chi connectivity index (χ4v) is 7.17. The third-order valence-corrected chi connectivity index (χ3v) is 9.64. The summed E-state index contributed by atoms with van der Waals surface area (Å²) >= 11 is 0. The molecule has 3 heterocycles. The minimum absolute atomic E-state index is 0.358. The molecule has 0 saturated carbocycles. The van der Waals surface area contributed by atoms with E-state index in [-0.39, 0.29) is 0 Å². The molecule has 0 spiro atoms. The number of hydrogen-bond acceptors (Lipinski definition) is 6. The lowest BCUT2D eigenvalue weighted by Gasteiger charge is -2.18. The maximum Gasteiger partial charge on any atom is 0.308 e. The van der Waals surface area contributed by atoms with Gasteiger partial charge in [-0.2, -0.15) is 9.50 Å². The Morgan fingerprint density at radius 3 is 2.37 bits per heavy atom. The Hall–Kier alpha value is -7.25. The fourth-order valence-electron chi connectivity index (χ4n) is 7.17. The molecule has 0 saturated heterocycles. The summed E-state index contributed by atoms with van der Waals surface area (Å²) in [6.45, 7) is 0. The first-order valence-corrected chi connectivity index (χ1v) is 17.1. The number of para-hydroxylation sites is 2. The van der Waals surface area contributed by atoms with Crippen molar-refractivity contribution in [3.8, 4) is 33.9 Å². The number of aromatic nitrogens is 3. The molecular weight excluding hydrogens is 641 g/mol. The van der Waals surface area contributed by atoms with Gasteiger partial charge in [0.15, 0.2) is 0 Å². The minimum atomic E-state index is 0.358. The van der Waals surface area contributed by atoms with Crippen molar-refractivity contribution in [2.24, 2.45) is 5.10 Å². The Balaban J connectivity index is 1.10. The van der Waals surface area contributed by atoms with Crippen molar-refractivity contribution in [3.63, 3.8) is 0 Å². The zero-order chi connectivity index (χ0) is 34.6. The molecule has 0 radical (unpaired) electrons. The lowest BCUT2D eigenvalue weighted by molar-refractivity contribution is -0.505. The number of hydrazone groups is 1. The Morgan fingerprint density at radius 2 is 1.42 bits per heavy atom. The zero-order valence-electron chi connectivity index (χ0n) is 27.8. The van der Waals surface area contributed by atoms with E-state index in [9.17, 15) is 0 Å². The second-order valence-corrected chi connectivity index (χ2v) is 12.8. The average Bonchev–Trinajstić information content (AvgIpc) is 3.59. The second kappa shape index (κ2) is 12.0. The zero-order valence-corrected chi connectivity index (χ0v) is 27.8. The smallest absolute Gasteiger partial charge is 0.308 e. The number of allylic oxidation sites excluding steroid dienone is 1. The van der Waals surface area contributed by atoms with Gasteiger partial charge in [-0.1, -0.05) is 101 Å². The van der Waals surface area contributed by atoms with E-state index in [1.807, 2.05) is 95.5 Å². The number of nitrogens with zero attached hydrogens (tertiary/aromatic N) is 4. The third kappa shape index (κ3) is 4.95. The van der Waals surface area contributed by atoms with E-state index in [2.05, 4.69) is 72.2 Å². The molecule has 0 unspecified atom stereocenters. The van der Waals surface area contributed by atoms with Crippen molar-refractivity contribution in [2.75, 3.05) is 5.43 Å². The molecular formula is C45H29N6O+. The summed E-state index contributed by atoms with van der Waals surface area (Å²) in [5, 5.41) is 17.7. The topological polar surface area (TPSA) is 91.3 Å². The van der Waals surface area contributed by atoms with Gasteiger partial charge in [0.2, 0.25) is 0 Å². The normalized spacial score (nSPS) is 13.4. The van der Waals surface area contributed by atoms with Crippen LogP contribution in [0.3, 0.4) is 0 Å². The maximum atomic E-state index is 8.79. The Bertz CT molecular complexity index is 2960. The first-order valence-electron chi connectivity index (χ1n) is 17.1. The van der Waals surface area contributed by atoms with E-state index >= 15 is 0 Å². The number of furan rings is 1. The van der Waals surface area contributed by atoms with E-state index in [0.717, 1.165) is 83.3 Å². The largest absolute Gasteiger partial charge is 0.456 e. The summed E-state index contributed by atoms with van der Waals surface area (Å²) in [5.41, 5.74) is 13.4. The predicted molar refractivity (Wildman–Crippen MR) is 210 cm³/mol. The van der Waals surface area contributed by atoms with E-state index < -0.39 is 0 Å². The van der Waals surface area contributed by atoms with Crippen LogP contribution in [0, 0.1) is 5.41 Å². The van der Waals surface area contributed by atoms with Crippen LogP contribution in [0.4, 0.5) is 5.69 Å². The monoisotopic (exact) mass is 669 g/mol. The molecule has 10 rings (SSSR count). The van der Waals surface area contributed by atoms with Crippen molar-refractivity contribution in [3.05, 3.63) is 169 Å². The highest BCUT2D eigenvalue weighted by Crippen LogP contribution is 2.36. The van der Waals surface area contributed by atoms with Crippen LogP contribution < -0.4 is 9.83 Å². The third-order valence-electron chi connectivity index (χ3n) is 9.64. The Kier molecular flexibility index (Phi) is 6.82. The standard InChI is InChI=1S/C45H29N6O/c46-37-24-23-29-21-19-28-20-22-31(27-36(28)41(29)43(37)50-49-33-12-2-1-3-13-33)30-10-8-11-32(26-30)44-47-40-18-6-7-25-51(40)45(48-44)35-15-9-17-39-42(35)34-14-4-5-16-38(34)52-39/h1-27,46,49H/q+1/b46-37?,50-43+. The van der Waals surface area contributed by atoms with Crippen LogP contribution in [0.5, 0.6) is 0 Å². The van der Waals surface area contributed by atoms with Gasteiger partial charge in [0.05, 0.1) is 28.7 Å². The molecule has 7 heteroatoms. The van der Waals surface area contributed by atoms with Crippen molar-refractivity contribution >= 4 is 61.5 Å². The number of nitrogens with one attached hydrogen (secondary N) is 2. The molecule has 0 aliphatic heterocycles. The van der Waals surface area contributed by atoms with E-state index in [1.54, 1.807) is 6.08 Å². The molecule has 3 aromatic heterocycles. The van der Waals surface area contributed by atoms with Crippen molar-refractivity contribution in [1.29, 1.82) is 5.41 Å². The molecule has 1 aliphatic carbocycles. The summed E-state index contributed by atoms with van der Waals surface area (Å²) in [6, 6.07) is 49.1. The molecule has 0 fully saturated rings. The van der Waals surface area contributed by atoms with Gasteiger partial charge in [0, 0.05) is 22.4 Å². The van der Waals surface area contributed by atoms with Gasteiger partial charge >= 0.3 is 5.82 Å². The quantitative estimate of drug-likeness (QED) is 0.141. The van der Waals surface area contributed by atoms with Crippen molar-refractivity contribution in [2.45, 2.75) is 0 Å². The molecule has 0 atom stereocenters. The number of benzene rings is 6. The first-order chi connectivity index (χ1) is 25.7. The molecule has 52 heavy (non-hydrogen) atoms. The highest BCUT2D eigenvalue weighted by atomic mass is 16.3. The highest BCUT2D eigenvalue weighted by Gasteiger charge is 2.24.